The van der Waals surface area contributed by atoms with Crippen molar-refractivity contribution in [2.45, 2.75) is 23.6 Å². The maximum atomic E-state index is 4.01. The largest absolute Gasteiger partial charge is 0.265 e. The van der Waals surface area contributed by atoms with Gasteiger partial charge >= 0.3 is 0 Å². The molecule has 0 aliphatic rings. The summed E-state index contributed by atoms with van der Waals surface area (Å²) in [5, 5.41) is 0. The van der Waals surface area contributed by atoms with Crippen molar-refractivity contribution < 1.29 is 0 Å². The van der Waals surface area contributed by atoms with Crippen LogP contribution in [0.25, 0.3) is 0 Å². The lowest BCUT2D eigenvalue weighted by atomic mass is 10.2. The molecule has 0 radical (unpaired) electrons. The third kappa shape index (κ3) is 2.60. The lowest BCUT2D eigenvalue weighted by Crippen LogP contribution is -1.82. The smallest absolute Gasteiger partial charge is 0.0279 e. The average molecular weight is 215 g/mol. The second-order valence-corrected chi connectivity index (χ2v) is 4.67. The molecule has 15 heavy (non-hydrogen) atoms. The molecule has 1 heterocycles. The van der Waals surface area contributed by atoms with Gasteiger partial charge in [0.1, 0.15) is 0 Å². The van der Waals surface area contributed by atoms with E-state index in [9.17, 15) is 0 Å². The predicted molar refractivity (Wildman–Crippen MR) is 64.3 cm³/mol. The van der Waals surface area contributed by atoms with Gasteiger partial charge in [0.05, 0.1) is 0 Å². The van der Waals surface area contributed by atoms with Crippen molar-refractivity contribution in [3.63, 3.8) is 0 Å². The Labute approximate surface area is 94.6 Å². The van der Waals surface area contributed by atoms with Gasteiger partial charge in [-0.3, -0.25) is 4.98 Å². The molecule has 0 amide bonds. The Morgan fingerprint density at radius 3 is 2.47 bits per heavy atom. The van der Waals surface area contributed by atoms with Gasteiger partial charge in [-0.25, -0.2) is 0 Å². The molecule has 1 aromatic carbocycles. The molecule has 0 saturated heterocycles. The average Bonchev–Trinajstić information content (AvgIpc) is 2.25. The Kier molecular flexibility index (Phi) is 3.07. The number of benzene rings is 1. The molecule has 0 bridgehead atoms. The van der Waals surface area contributed by atoms with Crippen LogP contribution in [0.15, 0.2) is 52.5 Å². The molecule has 0 aliphatic carbocycles. The van der Waals surface area contributed by atoms with Crippen LogP contribution in [-0.4, -0.2) is 4.98 Å². The van der Waals surface area contributed by atoms with E-state index < -0.39 is 0 Å². The van der Waals surface area contributed by atoms with E-state index in [1.54, 1.807) is 11.8 Å². The van der Waals surface area contributed by atoms with Crippen molar-refractivity contribution in [2.24, 2.45) is 0 Å². The van der Waals surface area contributed by atoms with Crippen LogP contribution in [0.1, 0.15) is 11.1 Å². The van der Waals surface area contributed by atoms with Gasteiger partial charge in [0.15, 0.2) is 0 Å². The van der Waals surface area contributed by atoms with Gasteiger partial charge in [0, 0.05) is 22.2 Å². The zero-order chi connectivity index (χ0) is 10.7. The van der Waals surface area contributed by atoms with Crippen LogP contribution in [0, 0.1) is 13.8 Å². The quantitative estimate of drug-likeness (QED) is 0.754. The van der Waals surface area contributed by atoms with Crippen molar-refractivity contribution >= 4 is 11.8 Å². The van der Waals surface area contributed by atoms with Gasteiger partial charge in [-0.2, -0.15) is 0 Å². The van der Waals surface area contributed by atoms with E-state index in [2.05, 4.69) is 37.0 Å². The molecule has 0 aliphatic heterocycles. The van der Waals surface area contributed by atoms with E-state index in [-0.39, 0.29) is 0 Å². The summed E-state index contributed by atoms with van der Waals surface area (Å²) in [7, 11) is 0. The molecule has 0 saturated carbocycles. The molecule has 2 rings (SSSR count). The highest BCUT2D eigenvalue weighted by molar-refractivity contribution is 7.99. The van der Waals surface area contributed by atoms with E-state index in [0.717, 1.165) is 0 Å². The van der Waals surface area contributed by atoms with Gasteiger partial charge in [-0.1, -0.05) is 23.9 Å². The monoisotopic (exact) mass is 215 g/mol. The van der Waals surface area contributed by atoms with Gasteiger partial charge in [-0.15, -0.1) is 0 Å². The van der Waals surface area contributed by atoms with Crippen molar-refractivity contribution in [3.8, 4) is 0 Å². The lowest BCUT2D eigenvalue weighted by Gasteiger charge is -2.06. The second-order valence-electron chi connectivity index (χ2n) is 3.55. The third-order valence-corrected chi connectivity index (χ3v) is 3.39. The molecular weight excluding hydrogens is 202 g/mol. The molecule has 0 unspecified atom stereocenters. The number of nitrogens with zero attached hydrogens (tertiary/aromatic N) is 1. The number of rotatable bonds is 2. The summed E-state index contributed by atoms with van der Waals surface area (Å²) in [6, 6.07) is 10.6. The zero-order valence-corrected chi connectivity index (χ0v) is 9.71. The summed E-state index contributed by atoms with van der Waals surface area (Å²) < 4.78 is 0. The number of aromatic nitrogens is 1. The standard InChI is InChI=1S/C13H13NS/c1-10-3-4-11(2)13(9-10)15-12-5-7-14-8-6-12/h3-9H,1-2H3. The minimum absolute atomic E-state index is 1.23. The SMILES string of the molecule is Cc1ccc(C)c(Sc2ccncc2)c1. The molecule has 1 nitrogen and oxygen atoms in total. The van der Waals surface area contributed by atoms with Crippen LogP contribution < -0.4 is 0 Å². The zero-order valence-electron chi connectivity index (χ0n) is 8.90. The first-order chi connectivity index (χ1) is 7.25. The molecule has 1 aromatic heterocycles. The van der Waals surface area contributed by atoms with Crippen molar-refractivity contribution in [2.75, 3.05) is 0 Å². The number of aryl methyl sites for hydroxylation is 2. The summed E-state index contributed by atoms with van der Waals surface area (Å²) in [5.41, 5.74) is 2.62. The van der Waals surface area contributed by atoms with E-state index in [4.69, 9.17) is 0 Å². The molecule has 2 aromatic rings. The van der Waals surface area contributed by atoms with Gasteiger partial charge in [0.25, 0.3) is 0 Å². The first-order valence-corrected chi connectivity index (χ1v) is 5.72. The summed E-state index contributed by atoms with van der Waals surface area (Å²) in [6.45, 7) is 4.26. The van der Waals surface area contributed by atoms with Crippen LogP contribution in [-0.2, 0) is 0 Å². The van der Waals surface area contributed by atoms with Gasteiger partial charge in [0.2, 0.25) is 0 Å². The van der Waals surface area contributed by atoms with Crippen molar-refractivity contribution in [3.05, 3.63) is 53.9 Å². The number of hydrogen-bond acceptors (Lipinski definition) is 2. The molecule has 76 valence electrons. The first kappa shape index (κ1) is 10.2. The van der Waals surface area contributed by atoms with E-state index in [1.165, 1.54) is 20.9 Å². The highest BCUT2D eigenvalue weighted by atomic mass is 32.2. The lowest BCUT2D eigenvalue weighted by molar-refractivity contribution is 1.23. The number of pyridine rings is 1. The Balaban J connectivity index is 2.28. The molecule has 0 spiro atoms. The van der Waals surface area contributed by atoms with Crippen LogP contribution in [0.4, 0.5) is 0 Å². The Morgan fingerprint density at radius 1 is 1.00 bits per heavy atom. The summed E-state index contributed by atoms with van der Waals surface area (Å²) >= 11 is 1.79. The van der Waals surface area contributed by atoms with Crippen LogP contribution in [0.3, 0.4) is 0 Å². The summed E-state index contributed by atoms with van der Waals surface area (Å²) in [6.07, 6.45) is 3.65. The number of hydrogen-bond donors (Lipinski definition) is 0. The van der Waals surface area contributed by atoms with Crippen LogP contribution in [0.2, 0.25) is 0 Å². The van der Waals surface area contributed by atoms with E-state index in [0.29, 0.717) is 0 Å². The fourth-order valence-corrected chi connectivity index (χ4v) is 2.34. The second kappa shape index (κ2) is 4.49. The minimum atomic E-state index is 1.23. The summed E-state index contributed by atoms with van der Waals surface area (Å²) in [5.74, 6) is 0. The Morgan fingerprint density at radius 2 is 1.73 bits per heavy atom. The van der Waals surface area contributed by atoms with Crippen molar-refractivity contribution in [1.29, 1.82) is 0 Å². The van der Waals surface area contributed by atoms with Crippen molar-refractivity contribution in [1.82, 2.24) is 4.98 Å². The molecule has 0 N–H and O–H groups in total. The Bertz CT molecular complexity index is 451. The van der Waals surface area contributed by atoms with Gasteiger partial charge < -0.3 is 0 Å². The fourth-order valence-electron chi connectivity index (χ4n) is 1.35. The topological polar surface area (TPSA) is 12.9 Å². The maximum absolute atomic E-state index is 4.01. The molecule has 2 heteroatoms. The van der Waals surface area contributed by atoms with Crippen LogP contribution in [0.5, 0.6) is 0 Å². The Hall–Kier alpha value is -1.28. The fraction of sp³-hybridized carbons (Fsp3) is 0.154. The van der Waals surface area contributed by atoms with Crippen LogP contribution >= 0.6 is 11.8 Å². The maximum Gasteiger partial charge on any atom is 0.0279 e. The third-order valence-electron chi connectivity index (χ3n) is 2.22. The normalized spacial score (nSPS) is 10.3. The minimum Gasteiger partial charge on any atom is -0.265 e. The van der Waals surface area contributed by atoms with E-state index >= 15 is 0 Å². The van der Waals surface area contributed by atoms with Gasteiger partial charge in [-0.05, 0) is 43.2 Å². The first-order valence-electron chi connectivity index (χ1n) is 4.91. The molecule has 0 atom stereocenters. The molecular formula is C13H13NS. The summed E-state index contributed by atoms with van der Waals surface area (Å²) in [4.78, 5) is 6.57. The molecule has 0 fully saturated rings. The highest BCUT2D eigenvalue weighted by Gasteiger charge is 2.00. The predicted octanol–water partition coefficient (Wildman–Crippen LogP) is 3.85. The highest BCUT2D eigenvalue weighted by Crippen LogP contribution is 2.30. The van der Waals surface area contributed by atoms with E-state index in [1.807, 2.05) is 24.5 Å².